The van der Waals surface area contributed by atoms with Crippen LogP contribution in [0.25, 0.3) is 11.1 Å². The molecular formula is C27H23F2N3O4S. The topological polar surface area (TPSA) is 109 Å². The summed E-state index contributed by atoms with van der Waals surface area (Å²) < 4.78 is 50.8. The molecule has 190 valence electrons. The van der Waals surface area contributed by atoms with E-state index < -0.39 is 33.5 Å². The Kier molecular flexibility index (Phi) is 7.70. The van der Waals surface area contributed by atoms with Gasteiger partial charge in [-0.05, 0) is 53.1 Å². The lowest BCUT2D eigenvalue weighted by Crippen LogP contribution is -2.18. The van der Waals surface area contributed by atoms with Gasteiger partial charge in [-0.2, -0.15) is 0 Å². The van der Waals surface area contributed by atoms with Gasteiger partial charge in [0.2, 0.25) is 11.9 Å². The maximum atomic E-state index is 13.5. The number of benzene rings is 3. The molecule has 0 saturated carbocycles. The van der Waals surface area contributed by atoms with Crippen LogP contribution in [-0.4, -0.2) is 35.2 Å². The summed E-state index contributed by atoms with van der Waals surface area (Å²) in [6.45, 7) is 1.55. The molecule has 1 unspecified atom stereocenters. The van der Waals surface area contributed by atoms with Gasteiger partial charge in [0.1, 0.15) is 17.7 Å². The van der Waals surface area contributed by atoms with Gasteiger partial charge < -0.3 is 5.11 Å². The first-order chi connectivity index (χ1) is 17.7. The van der Waals surface area contributed by atoms with Crippen molar-refractivity contribution < 1.29 is 27.1 Å². The van der Waals surface area contributed by atoms with Crippen molar-refractivity contribution in [2.45, 2.75) is 24.3 Å². The molecule has 7 nitrogen and oxygen atoms in total. The molecule has 0 aliphatic carbocycles. The number of hydrogen-bond acceptors (Lipinski definition) is 6. The van der Waals surface area contributed by atoms with Gasteiger partial charge >= 0.3 is 0 Å². The van der Waals surface area contributed by atoms with Crippen molar-refractivity contribution in [3.63, 3.8) is 0 Å². The summed E-state index contributed by atoms with van der Waals surface area (Å²) in [5.41, 5.74) is 2.03. The van der Waals surface area contributed by atoms with Crippen molar-refractivity contribution in [3.05, 3.63) is 107 Å². The lowest BCUT2D eigenvalue weighted by atomic mass is 9.98. The largest absolute Gasteiger partial charge is 0.382 e. The zero-order valence-electron chi connectivity index (χ0n) is 19.7. The Morgan fingerprint density at radius 2 is 1.54 bits per heavy atom. The van der Waals surface area contributed by atoms with Gasteiger partial charge in [0, 0.05) is 11.8 Å². The first-order valence-electron chi connectivity index (χ1n) is 11.3. The Morgan fingerprint density at radius 1 is 0.946 bits per heavy atom. The van der Waals surface area contributed by atoms with Crippen LogP contribution >= 0.6 is 0 Å². The van der Waals surface area contributed by atoms with Crippen LogP contribution in [0.2, 0.25) is 0 Å². The fraction of sp³-hybridized carbons (Fsp3) is 0.148. The van der Waals surface area contributed by atoms with Gasteiger partial charge in [-0.3, -0.25) is 10.1 Å². The van der Waals surface area contributed by atoms with Crippen molar-refractivity contribution in [2.75, 3.05) is 11.1 Å². The smallest absolute Gasteiger partial charge is 0.231 e. The van der Waals surface area contributed by atoms with Gasteiger partial charge in [-0.25, -0.2) is 27.2 Å². The van der Waals surface area contributed by atoms with Crippen LogP contribution in [-0.2, 0) is 21.1 Å². The van der Waals surface area contributed by atoms with Gasteiger partial charge in [0.05, 0.1) is 22.8 Å². The Bertz CT molecular complexity index is 1510. The number of nitrogens with zero attached hydrogens (tertiary/aromatic N) is 2. The number of aliphatic hydroxyl groups excluding tert-OH is 1. The summed E-state index contributed by atoms with van der Waals surface area (Å²) >= 11 is 0. The Labute approximate surface area is 212 Å². The number of hydrogen-bond donors (Lipinski definition) is 2. The SMILES string of the molecule is CCS(=O)(=O)c1ccc(CC(=O)Nc2ncc(-c3ccc(F)cc3)c(C(O)c3ccc(F)cc3)n2)cc1. The minimum Gasteiger partial charge on any atom is -0.382 e. The number of amides is 1. The van der Waals surface area contributed by atoms with Crippen LogP contribution in [0.3, 0.4) is 0 Å². The van der Waals surface area contributed by atoms with Crippen LogP contribution < -0.4 is 5.32 Å². The number of halogens is 2. The minimum atomic E-state index is -3.35. The Hall–Kier alpha value is -4.02. The second-order valence-corrected chi connectivity index (χ2v) is 10.5. The standard InChI is InChI=1S/C27H23F2N3O4S/c1-2-37(35,36)22-13-3-17(4-14-22)15-24(33)31-27-30-16-23(18-5-9-20(28)10-6-18)25(32-27)26(34)19-7-11-21(29)12-8-19/h3-14,16,26,34H,2,15H2,1H3,(H,30,31,32,33). The number of aliphatic hydroxyl groups is 1. The third-order valence-corrected chi connectivity index (χ3v) is 7.45. The third kappa shape index (κ3) is 6.22. The van der Waals surface area contributed by atoms with Crippen LogP contribution in [0, 0.1) is 11.6 Å². The predicted molar refractivity (Wildman–Crippen MR) is 134 cm³/mol. The molecule has 0 spiro atoms. The average molecular weight is 524 g/mol. The quantitative estimate of drug-likeness (QED) is 0.353. The summed E-state index contributed by atoms with van der Waals surface area (Å²) in [7, 11) is -3.35. The molecule has 1 heterocycles. The number of aromatic nitrogens is 2. The van der Waals surface area contributed by atoms with Gasteiger partial charge in [-0.1, -0.05) is 43.3 Å². The van der Waals surface area contributed by atoms with Crippen molar-refractivity contribution in [2.24, 2.45) is 0 Å². The molecule has 0 aliphatic rings. The van der Waals surface area contributed by atoms with Crippen molar-refractivity contribution in [1.29, 1.82) is 0 Å². The highest BCUT2D eigenvalue weighted by atomic mass is 32.2. The molecule has 3 aromatic carbocycles. The molecule has 10 heteroatoms. The molecule has 0 bridgehead atoms. The first-order valence-corrected chi connectivity index (χ1v) is 13.0. The fourth-order valence-corrected chi connectivity index (χ4v) is 4.54. The van der Waals surface area contributed by atoms with Crippen molar-refractivity contribution >= 4 is 21.7 Å². The van der Waals surface area contributed by atoms with Crippen LogP contribution in [0.4, 0.5) is 14.7 Å². The zero-order valence-corrected chi connectivity index (χ0v) is 20.5. The highest BCUT2D eigenvalue weighted by Crippen LogP contribution is 2.31. The second-order valence-electron chi connectivity index (χ2n) is 8.23. The summed E-state index contributed by atoms with van der Waals surface area (Å²) in [6.07, 6.45) is 0.0561. The van der Waals surface area contributed by atoms with Crippen LogP contribution in [0.15, 0.2) is 83.9 Å². The molecule has 2 N–H and O–H groups in total. The number of carbonyl (C=O) groups excluding carboxylic acids is 1. The third-order valence-electron chi connectivity index (χ3n) is 5.70. The predicted octanol–water partition coefficient (Wildman–Crippen LogP) is 4.48. The molecule has 4 aromatic rings. The van der Waals surface area contributed by atoms with E-state index in [0.717, 1.165) is 0 Å². The maximum absolute atomic E-state index is 13.5. The summed E-state index contributed by atoms with van der Waals surface area (Å²) in [5.74, 6) is -1.45. The number of anilines is 1. The van der Waals surface area contributed by atoms with E-state index in [1.807, 2.05) is 0 Å². The number of carbonyl (C=O) groups is 1. The van der Waals surface area contributed by atoms with E-state index >= 15 is 0 Å². The van der Waals surface area contributed by atoms with Gasteiger partial charge in [-0.15, -0.1) is 0 Å². The van der Waals surface area contributed by atoms with E-state index in [1.165, 1.54) is 66.9 Å². The molecule has 0 fully saturated rings. The summed E-state index contributed by atoms with van der Waals surface area (Å²) in [4.78, 5) is 21.4. The molecule has 37 heavy (non-hydrogen) atoms. The maximum Gasteiger partial charge on any atom is 0.231 e. The lowest BCUT2D eigenvalue weighted by Gasteiger charge is -2.16. The van der Waals surface area contributed by atoms with Crippen LogP contribution in [0.1, 0.15) is 29.8 Å². The molecule has 4 rings (SSSR count). The molecule has 0 saturated heterocycles. The molecule has 0 aliphatic heterocycles. The zero-order chi connectivity index (χ0) is 26.6. The monoisotopic (exact) mass is 523 g/mol. The Balaban J connectivity index is 1.60. The summed E-state index contributed by atoms with van der Waals surface area (Å²) in [5, 5.41) is 13.6. The van der Waals surface area contributed by atoms with Gasteiger partial charge in [0.25, 0.3) is 0 Å². The summed E-state index contributed by atoms with van der Waals surface area (Å²) in [6, 6.07) is 16.8. The molecule has 0 radical (unpaired) electrons. The van der Waals surface area contributed by atoms with Crippen LogP contribution in [0.5, 0.6) is 0 Å². The second kappa shape index (κ2) is 10.9. The molecule has 1 atom stereocenters. The van der Waals surface area contributed by atoms with Crippen molar-refractivity contribution in [3.8, 4) is 11.1 Å². The van der Waals surface area contributed by atoms with E-state index in [-0.39, 0.29) is 28.7 Å². The lowest BCUT2D eigenvalue weighted by molar-refractivity contribution is -0.115. The Morgan fingerprint density at radius 3 is 2.14 bits per heavy atom. The van der Waals surface area contributed by atoms with E-state index in [2.05, 4.69) is 15.3 Å². The number of sulfone groups is 1. The molecule has 1 amide bonds. The number of rotatable bonds is 8. The number of nitrogens with one attached hydrogen (secondary N) is 1. The highest BCUT2D eigenvalue weighted by molar-refractivity contribution is 7.91. The fourth-order valence-electron chi connectivity index (χ4n) is 3.65. The molecule has 1 aromatic heterocycles. The normalized spacial score (nSPS) is 12.2. The van der Waals surface area contributed by atoms with E-state index in [0.29, 0.717) is 22.3 Å². The van der Waals surface area contributed by atoms with E-state index in [1.54, 1.807) is 19.1 Å². The van der Waals surface area contributed by atoms with Gasteiger partial charge in [0.15, 0.2) is 9.84 Å². The highest BCUT2D eigenvalue weighted by Gasteiger charge is 2.20. The van der Waals surface area contributed by atoms with Crippen molar-refractivity contribution in [1.82, 2.24) is 9.97 Å². The van der Waals surface area contributed by atoms with E-state index in [9.17, 15) is 27.1 Å². The first kappa shape index (κ1) is 26.1. The average Bonchev–Trinajstić information content (AvgIpc) is 2.89. The minimum absolute atomic E-state index is 0.0236. The van der Waals surface area contributed by atoms with E-state index in [4.69, 9.17) is 0 Å². The molecular weight excluding hydrogens is 500 g/mol.